The molecule has 0 saturated carbocycles. The van der Waals surface area contributed by atoms with Crippen molar-refractivity contribution in [1.82, 2.24) is 10.3 Å². The molecule has 0 aliphatic carbocycles. The molecule has 0 amide bonds. The lowest BCUT2D eigenvalue weighted by atomic mass is 10.1. The highest BCUT2D eigenvalue weighted by atomic mass is 35.5. The topological polar surface area (TPSA) is 37.0 Å². The first-order valence-corrected chi connectivity index (χ1v) is 5.84. The molecule has 0 spiro atoms. The summed E-state index contributed by atoms with van der Waals surface area (Å²) in [6.07, 6.45) is 6.00. The maximum Gasteiger partial charge on any atom is 0.0945 e. The molecule has 92 valence electrons. The number of nitrogens with one attached hydrogen (secondary N) is 2. The molecular weight excluding hydrogens is 224 g/mol. The second-order valence-electron chi connectivity index (χ2n) is 4.25. The van der Waals surface area contributed by atoms with E-state index >= 15 is 0 Å². The SMILES string of the molecule is CC(OCC1CCCCN1)c1ccc[nH]1.Cl. The van der Waals surface area contributed by atoms with E-state index in [4.69, 9.17) is 4.74 Å². The number of hydrogen-bond acceptors (Lipinski definition) is 2. The van der Waals surface area contributed by atoms with Crippen molar-refractivity contribution >= 4 is 12.4 Å². The van der Waals surface area contributed by atoms with Gasteiger partial charge in [-0.15, -0.1) is 12.4 Å². The number of piperidine rings is 1. The van der Waals surface area contributed by atoms with Crippen molar-refractivity contribution in [3.05, 3.63) is 24.0 Å². The lowest BCUT2D eigenvalue weighted by Gasteiger charge is -2.24. The number of hydrogen-bond donors (Lipinski definition) is 2. The first kappa shape index (κ1) is 13.6. The molecule has 4 heteroatoms. The van der Waals surface area contributed by atoms with Crippen LogP contribution in [0.4, 0.5) is 0 Å². The van der Waals surface area contributed by atoms with Crippen LogP contribution in [0.3, 0.4) is 0 Å². The van der Waals surface area contributed by atoms with Gasteiger partial charge in [0.15, 0.2) is 0 Å². The molecule has 16 heavy (non-hydrogen) atoms. The quantitative estimate of drug-likeness (QED) is 0.855. The molecule has 1 aromatic heterocycles. The molecular formula is C12H21ClN2O. The van der Waals surface area contributed by atoms with Crippen molar-refractivity contribution in [2.75, 3.05) is 13.2 Å². The fourth-order valence-electron chi connectivity index (χ4n) is 2.01. The fourth-order valence-corrected chi connectivity index (χ4v) is 2.01. The summed E-state index contributed by atoms with van der Waals surface area (Å²) >= 11 is 0. The summed E-state index contributed by atoms with van der Waals surface area (Å²) in [5.41, 5.74) is 1.16. The van der Waals surface area contributed by atoms with Crippen LogP contribution in [0.2, 0.25) is 0 Å². The number of H-pyrrole nitrogens is 1. The summed E-state index contributed by atoms with van der Waals surface area (Å²) in [6.45, 7) is 4.06. The predicted molar refractivity (Wildman–Crippen MR) is 68.0 cm³/mol. The monoisotopic (exact) mass is 244 g/mol. The van der Waals surface area contributed by atoms with E-state index in [9.17, 15) is 0 Å². The Morgan fingerprint density at radius 2 is 2.38 bits per heavy atom. The van der Waals surface area contributed by atoms with E-state index in [1.165, 1.54) is 19.3 Å². The summed E-state index contributed by atoms with van der Waals surface area (Å²) in [5.74, 6) is 0. The fraction of sp³-hybridized carbons (Fsp3) is 0.667. The number of aromatic nitrogens is 1. The van der Waals surface area contributed by atoms with Gasteiger partial charge in [0.05, 0.1) is 12.7 Å². The maximum absolute atomic E-state index is 5.83. The van der Waals surface area contributed by atoms with E-state index in [0.29, 0.717) is 6.04 Å². The van der Waals surface area contributed by atoms with Gasteiger partial charge in [-0.25, -0.2) is 0 Å². The predicted octanol–water partition coefficient (Wildman–Crippen LogP) is 2.66. The van der Waals surface area contributed by atoms with Gasteiger partial charge in [0.1, 0.15) is 0 Å². The zero-order valence-electron chi connectivity index (χ0n) is 9.74. The highest BCUT2D eigenvalue weighted by molar-refractivity contribution is 5.85. The van der Waals surface area contributed by atoms with Crippen LogP contribution in [0.5, 0.6) is 0 Å². The van der Waals surface area contributed by atoms with Crippen LogP contribution < -0.4 is 5.32 Å². The summed E-state index contributed by atoms with van der Waals surface area (Å²) in [7, 11) is 0. The minimum Gasteiger partial charge on any atom is -0.371 e. The van der Waals surface area contributed by atoms with E-state index in [1.807, 2.05) is 12.3 Å². The molecule has 3 nitrogen and oxygen atoms in total. The average Bonchev–Trinajstić information content (AvgIpc) is 2.81. The minimum absolute atomic E-state index is 0. The molecule has 0 bridgehead atoms. The largest absolute Gasteiger partial charge is 0.371 e. The zero-order chi connectivity index (χ0) is 10.5. The normalized spacial score (nSPS) is 22.4. The Bertz CT molecular complexity index is 271. The lowest BCUT2D eigenvalue weighted by Crippen LogP contribution is -2.37. The van der Waals surface area contributed by atoms with E-state index in [0.717, 1.165) is 18.8 Å². The Morgan fingerprint density at radius 3 is 3.00 bits per heavy atom. The summed E-state index contributed by atoms with van der Waals surface area (Å²) in [5, 5.41) is 3.48. The van der Waals surface area contributed by atoms with Gasteiger partial charge in [0, 0.05) is 17.9 Å². The van der Waals surface area contributed by atoms with Gasteiger partial charge in [0.2, 0.25) is 0 Å². The Hall–Kier alpha value is -0.510. The number of rotatable bonds is 4. The Balaban J connectivity index is 0.00000128. The highest BCUT2D eigenvalue weighted by Crippen LogP contribution is 2.16. The standard InChI is InChI=1S/C12H20N2O.ClH/c1-10(12-6-4-8-14-12)15-9-11-5-2-3-7-13-11;/h4,6,8,10-11,13-14H,2-3,5,7,9H2,1H3;1H. The van der Waals surface area contributed by atoms with Gasteiger partial charge < -0.3 is 15.0 Å². The van der Waals surface area contributed by atoms with E-state index in [1.54, 1.807) is 0 Å². The third kappa shape index (κ3) is 3.81. The van der Waals surface area contributed by atoms with Gasteiger partial charge in [-0.1, -0.05) is 6.42 Å². The second kappa shape index (κ2) is 6.94. The third-order valence-corrected chi connectivity index (χ3v) is 3.02. The van der Waals surface area contributed by atoms with Crippen molar-refractivity contribution in [3.63, 3.8) is 0 Å². The van der Waals surface area contributed by atoms with Gasteiger partial charge in [-0.3, -0.25) is 0 Å². The van der Waals surface area contributed by atoms with Gasteiger partial charge in [-0.2, -0.15) is 0 Å². The Kier molecular flexibility index (Phi) is 5.88. The molecule has 2 rings (SSSR count). The van der Waals surface area contributed by atoms with Crippen LogP contribution >= 0.6 is 12.4 Å². The molecule has 2 atom stereocenters. The van der Waals surface area contributed by atoms with Crippen molar-refractivity contribution in [3.8, 4) is 0 Å². The number of aromatic amines is 1. The molecule has 1 aromatic rings. The summed E-state index contributed by atoms with van der Waals surface area (Å²) < 4.78 is 5.83. The van der Waals surface area contributed by atoms with Crippen LogP contribution in [0.25, 0.3) is 0 Å². The molecule has 0 radical (unpaired) electrons. The lowest BCUT2D eigenvalue weighted by molar-refractivity contribution is 0.0419. The van der Waals surface area contributed by atoms with Crippen molar-refractivity contribution in [2.45, 2.75) is 38.3 Å². The van der Waals surface area contributed by atoms with Gasteiger partial charge >= 0.3 is 0 Å². The smallest absolute Gasteiger partial charge is 0.0945 e. The first-order valence-electron chi connectivity index (χ1n) is 5.84. The van der Waals surface area contributed by atoms with E-state index in [-0.39, 0.29) is 18.5 Å². The first-order chi connectivity index (χ1) is 7.36. The van der Waals surface area contributed by atoms with Crippen molar-refractivity contribution < 1.29 is 4.74 Å². The van der Waals surface area contributed by atoms with E-state index < -0.39 is 0 Å². The van der Waals surface area contributed by atoms with Crippen molar-refractivity contribution in [1.29, 1.82) is 0 Å². The highest BCUT2D eigenvalue weighted by Gasteiger charge is 2.14. The van der Waals surface area contributed by atoms with Crippen LogP contribution in [0.15, 0.2) is 18.3 Å². The molecule has 2 unspecified atom stereocenters. The van der Waals surface area contributed by atoms with E-state index in [2.05, 4.69) is 23.3 Å². The average molecular weight is 245 g/mol. The molecule has 2 N–H and O–H groups in total. The van der Waals surface area contributed by atoms with Crippen LogP contribution in [-0.4, -0.2) is 24.2 Å². The molecule has 1 fully saturated rings. The van der Waals surface area contributed by atoms with Crippen molar-refractivity contribution in [2.24, 2.45) is 0 Å². The van der Waals surface area contributed by atoms with Crippen LogP contribution in [0.1, 0.15) is 38.0 Å². The molecule has 1 saturated heterocycles. The summed E-state index contributed by atoms with van der Waals surface area (Å²) in [4.78, 5) is 3.18. The summed E-state index contributed by atoms with van der Waals surface area (Å²) in [6, 6.07) is 4.63. The molecule has 1 aliphatic rings. The zero-order valence-corrected chi connectivity index (χ0v) is 10.6. The third-order valence-electron chi connectivity index (χ3n) is 3.02. The van der Waals surface area contributed by atoms with Crippen LogP contribution in [0, 0.1) is 0 Å². The Morgan fingerprint density at radius 1 is 1.50 bits per heavy atom. The number of ether oxygens (including phenoxy) is 1. The maximum atomic E-state index is 5.83. The minimum atomic E-state index is 0. The second-order valence-corrected chi connectivity index (χ2v) is 4.25. The molecule has 2 heterocycles. The number of halogens is 1. The van der Waals surface area contributed by atoms with Gasteiger partial charge in [0.25, 0.3) is 0 Å². The van der Waals surface area contributed by atoms with Gasteiger partial charge in [-0.05, 0) is 38.4 Å². The van der Waals surface area contributed by atoms with Crippen LogP contribution in [-0.2, 0) is 4.74 Å². The molecule has 1 aliphatic heterocycles. The molecule has 0 aromatic carbocycles. The Labute approximate surface area is 103 Å².